The lowest BCUT2D eigenvalue weighted by atomic mass is 10.2. The summed E-state index contributed by atoms with van der Waals surface area (Å²) < 4.78 is 41.0. The van der Waals surface area contributed by atoms with E-state index < -0.39 is 11.7 Å². The first-order chi connectivity index (χ1) is 15.9. The monoisotopic (exact) mass is 425 g/mol. The maximum absolute atomic E-state index is 14.4. The molecule has 8 nitrogen and oxygen atoms in total. The van der Waals surface area contributed by atoms with Crippen LogP contribution in [0.5, 0.6) is 5.75 Å². The van der Waals surface area contributed by atoms with Gasteiger partial charge in [0.1, 0.15) is 12.4 Å². The number of anilines is 5. The quantitative estimate of drug-likeness (QED) is 0.330. The van der Waals surface area contributed by atoms with Gasteiger partial charge in [0.2, 0.25) is 11.9 Å². The molecule has 31 heavy (non-hydrogen) atoms. The zero-order valence-corrected chi connectivity index (χ0v) is 16.7. The fourth-order valence-electron chi connectivity index (χ4n) is 2.39. The standard InChI is InChI=1S/C22H22FN5O3/c1-3-20(29)25-16-5-4-6-17(13-16)26-21-19(23)14-24-22(28-21)27-15-7-9-18(10-8-15)31-12-11-30-2/h3-10,13-14H,1,11-12H2,2H3,(H,25,29)(H2,24,26,27,28)/i4D,13D. The predicted octanol–water partition coefficient (Wildman–Crippen LogP) is 4.25. The number of hydrogen-bond donors (Lipinski definition) is 3. The van der Waals surface area contributed by atoms with Crippen LogP contribution in [0.1, 0.15) is 2.74 Å². The van der Waals surface area contributed by atoms with Crippen LogP contribution in [0.15, 0.2) is 67.3 Å². The van der Waals surface area contributed by atoms with Crippen LogP contribution in [0.25, 0.3) is 0 Å². The molecular formula is C22H22FN5O3. The van der Waals surface area contributed by atoms with Crippen LogP contribution in [0.4, 0.5) is 33.2 Å². The second-order valence-electron chi connectivity index (χ2n) is 6.11. The minimum Gasteiger partial charge on any atom is -0.491 e. The number of ether oxygens (including phenoxy) is 2. The van der Waals surface area contributed by atoms with Gasteiger partial charge < -0.3 is 25.4 Å². The molecule has 3 N–H and O–H groups in total. The van der Waals surface area contributed by atoms with Crippen molar-refractivity contribution in [3.05, 3.63) is 73.2 Å². The van der Waals surface area contributed by atoms with Crippen molar-refractivity contribution in [3.8, 4) is 5.75 Å². The Morgan fingerprint density at radius 2 is 1.94 bits per heavy atom. The number of halogens is 1. The molecule has 0 aliphatic rings. The van der Waals surface area contributed by atoms with Gasteiger partial charge in [-0.05, 0) is 48.5 Å². The van der Waals surface area contributed by atoms with Crippen molar-refractivity contribution >= 4 is 34.7 Å². The van der Waals surface area contributed by atoms with Gasteiger partial charge >= 0.3 is 0 Å². The second kappa shape index (κ2) is 10.7. The first-order valence-electron chi connectivity index (χ1n) is 10.2. The lowest BCUT2D eigenvalue weighted by molar-refractivity contribution is -0.111. The molecule has 1 amide bonds. The van der Waals surface area contributed by atoms with E-state index in [9.17, 15) is 9.18 Å². The number of carbonyl (C=O) groups excluding carboxylic acids is 1. The number of rotatable bonds is 10. The Morgan fingerprint density at radius 1 is 1.16 bits per heavy atom. The van der Waals surface area contributed by atoms with E-state index in [1.54, 1.807) is 31.4 Å². The first-order valence-corrected chi connectivity index (χ1v) is 9.22. The van der Waals surface area contributed by atoms with Gasteiger partial charge in [0.05, 0.1) is 15.5 Å². The fourth-order valence-corrected chi connectivity index (χ4v) is 2.39. The highest BCUT2D eigenvalue weighted by Crippen LogP contribution is 2.23. The van der Waals surface area contributed by atoms with Crippen molar-refractivity contribution in [3.63, 3.8) is 0 Å². The third-order valence-corrected chi connectivity index (χ3v) is 3.83. The number of benzene rings is 2. The number of nitrogens with one attached hydrogen (secondary N) is 3. The number of nitrogens with zero attached hydrogens (tertiary/aromatic N) is 2. The highest BCUT2D eigenvalue weighted by molar-refractivity contribution is 5.99. The van der Waals surface area contributed by atoms with E-state index in [1.165, 1.54) is 12.1 Å². The molecule has 0 fully saturated rings. The van der Waals surface area contributed by atoms with Gasteiger partial charge in [0.15, 0.2) is 11.6 Å². The maximum Gasteiger partial charge on any atom is 0.247 e. The third-order valence-electron chi connectivity index (χ3n) is 3.83. The number of carbonyl (C=O) groups is 1. The maximum atomic E-state index is 14.4. The van der Waals surface area contributed by atoms with Crippen molar-refractivity contribution in [1.29, 1.82) is 0 Å². The molecule has 0 bridgehead atoms. The van der Waals surface area contributed by atoms with Crippen molar-refractivity contribution in [2.24, 2.45) is 0 Å². The number of amides is 1. The van der Waals surface area contributed by atoms with Crippen molar-refractivity contribution < 1.29 is 21.4 Å². The van der Waals surface area contributed by atoms with E-state index in [-0.39, 0.29) is 35.2 Å². The molecule has 0 saturated heterocycles. The van der Waals surface area contributed by atoms with Crippen molar-refractivity contribution in [2.45, 2.75) is 0 Å². The highest BCUT2D eigenvalue weighted by Gasteiger charge is 2.09. The Bertz CT molecular complexity index is 1150. The van der Waals surface area contributed by atoms with Gasteiger partial charge in [-0.1, -0.05) is 12.6 Å². The topological polar surface area (TPSA) is 97.4 Å². The van der Waals surface area contributed by atoms with E-state index in [0.29, 0.717) is 24.7 Å². The van der Waals surface area contributed by atoms with E-state index in [0.717, 1.165) is 12.3 Å². The van der Waals surface area contributed by atoms with E-state index in [2.05, 4.69) is 32.5 Å². The molecule has 0 radical (unpaired) electrons. The van der Waals surface area contributed by atoms with Gasteiger partial charge in [-0.2, -0.15) is 4.98 Å². The lowest BCUT2D eigenvalue weighted by Gasteiger charge is -2.11. The average molecular weight is 425 g/mol. The normalized spacial score (nSPS) is 11.2. The zero-order chi connectivity index (χ0) is 23.8. The molecule has 0 saturated carbocycles. The lowest BCUT2D eigenvalue weighted by Crippen LogP contribution is -2.07. The Labute approximate surface area is 181 Å². The van der Waals surface area contributed by atoms with E-state index >= 15 is 0 Å². The molecule has 3 rings (SSSR count). The Morgan fingerprint density at radius 3 is 2.68 bits per heavy atom. The molecule has 9 heteroatoms. The third kappa shape index (κ3) is 6.51. The smallest absolute Gasteiger partial charge is 0.247 e. The van der Waals surface area contributed by atoms with Crippen LogP contribution in [0, 0.1) is 5.82 Å². The summed E-state index contributed by atoms with van der Waals surface area (Å²) in [5.74, 6) is -0.714. The summed E-state index contributed by atoms with van der Waals surface area (Å²) >= 11 is 0. The van der Waals surface area contributed by atoms with Gasteiger partial charge in [0, 0.05) is 24.2 Å². The van der Waals surface area contributed by atoms with Crippen LogP contribution in [-0.2, 0) is 9.53 Å². The molecule has 0 unspecified atom stereocenters. The van der Waals surface area contributed by atoms with Gasteiger partial charge in [0.25, 0.3) is 0 Å². The van der Waals surface area contributed by atoms with Crippen LogP contribution in [-0.4, -0.2) is 36.2 Å². The minimum atomic E-state index is -0.756. The van der Waals surface area contributed by atoms with Crippen LogP contribution >= 0.6 is 0 Å². The SMILES string of the molecule is [2H]c1cc(NC(=O)C=C)c([2H])c(Nc2nc(Nc3ccc(OCCOC)cc3)ncc2F)c1. The molecule has 1 heterocycles. The Kier molecular flexibility index (Phi) is 6.56. The molecule has 0 atom stereocenters. The summed E-state index contributed by atoms with van der Waals surface area (Å²) in [6, 6.07) is 9.51. The van der Waals surface area contributed by atoms with Crippen LogP contribution < -0.4 is 20.7 Å². The molecule has 0 spiro atoms. The minimum absolute atomic E-state index is 0.00785. The Hall–Kier alpha value is -3.98. The van der Waals surface area contributed by atoms with Crippen molar-refractivity contribution in [2.75, 3.05) is 36.3 Å². The average Bonchev–Trinajstić information content (AvgIpc) is 2.80. The molecule has 0 aliphatic carbocycles. The van der Waals surface area contributed by atoms with Gasteiger partial charge in [-0.3, -0.25) is 4.79 Å². The number of aromatic nitrogens is 2. The predicted molar refractivity (Wildman–Crippen MR) is 118 cm³/mol. The molecule has 1 aromatic heterocycles. The molecule has 160 valence electrons. The van der Waals surface area contributed by atoms with Gasteiger partial charge in [-0.25, -0.2) is 9.37 Å². The van der Waals surface area contributed by atoms with Crippen LogP contribution in [0.2, 0.25) is 0 Å². The summed E-state index contributed by atoms with van der Waals surface area (Å²) in [5.41, 5.74) is 0.814. The zero-order valence-electron chi connectivity index (χ0n) is 18.7. The van der Waals surface area contributed by atoms with E-state index in [4.69, 9.17) is 12.2 Å². The number of hydrogen-bond acceptors (Lipinski definition) is 7. The summed E-state index contributed by atoms with van der Waals surface area (Å²) in [4.78, 5) is 19.6. The summed E-state index contributed by atoms with van der Waals surface area (Å²) in [6.07, 6.45) is 2.03. The highest BCUT2D eigenvalue weighted by atomic mass is 19.1. The van der Waals surface area contributed by atoms with E-state index in [1.807, 2.05) is 0 Å². The molecule has 3 aromatic rings. The second-order valence-corrected chi connectivity index (χ2v) is 6.11. The summed E-state index contributed by atoms with van der Waals surface area (Å²) in [5, 5.41) is 8.10. The molecular weight excluding hydrogens is 401 g/mol. The van der Waals surface area contributed by atoms with Crippen LogP contribution in [0.3, 0.4) is 0 Å². The van der Waals surface area contributed by atoms with Crippen molar-refractivity contribution in [1.82, 2.24) is 9.97 Å². The summed E-state index contributed by atoms with van der Waals surface area (Å²) in [6.45, 7) is 4.26. The molecule has 0 aliphatic heterocycles. The Balaban J connectivity index is 1.77. The molecule has 2 aromatic carbocycles. The summed E-state index contributed by atoms with van der Waals surface area (Å²) in [7, 11) is 1.59. The number of methoxy groups -OCH3 is 1. The van der Waals surface area contributed by atoms with Gasteiger partial charge in [-0.15, -0.1) is 0 Å². The fraction of sp³-hybridized carbons (Fsp3) is 0.136. The first kappa shape index (κ1) is 19.0. The largest absolute Gasteiger partial charge is 0.491 e.